The first-order valence-electron chi connectivity index (χ1n) is 6.44. The van der Waals surface area contributed by atoms with E-state index in [0.717, 1.165) is 18.7 Å². The summed E-state index contributed by atoms with van der Waals surface area (Å²) in [5.74, 6) is 0.561. The Balaban J connectivity index is 1.99. The zero-order valence-corrected chi connectivity index (χ0v) is 13.8. The summed E-state index contributed by atoms with van der Waals surface area (Å²) in [6.07, 6.45) is 0.0489. The van der Waals surface area contributed by atoms with Gasteiger partial charge in [0.1, 0.15) is 0 Å². The van der Waals surface area contributed by atoms with Crippen molar-refractivity contribution in [2.24, 2.45) is 0 Å². The quantitative estimate of drug-likeness (QED) is 0.792. The van der Waals surface area contributed by atoms with Gasteiger partial charge in [0, 0.05) is 18.0 Å². The Labute approximate surface area is 133 Å². The zero-order valence-electron chi connectivity index (χ0n) is 11.5. The predicted octanol–water partition coefficient (Wildman–Crippen LogP) is 5.13. The molecule has 1 heterocycles. The lowest BCUT2D eigenvalue weighted by atomic mass is 10.2. The number of hydrogen-bond acceptors (Lipinski definition) is 3. The Hall–Kier alpha value is -0.740. The molecule has 0 saturated carbocycles. The summed E-state index contributed by atoms with van der Waals surface area (Å²) in [5.41, 5.74) is 1.05. The molecule has 2 nitrogen and oxygen atoms in total. The van der Waals surface area contributed by atoms with Gasteiger partial charge in [-0.15, -0.1) is 11.3 Å². The summed E-state index contributed by atoms with van der Waals surface area (Å²) in [7, 11) is 0. The van der Waals surface area contributed by atoms with E-state index in [1.54, 1.807) is 11.3 Å². The Morgan fingerprint density at radius 2 is 1.90 bits per heavy atom. The van der Waals surface area contributed by atoms with E-state index < -0.39 is 0 Å². The molecule has 1 N–H and O–H groups in total. The highest BCUT2D eigenvalue weighted by atomic mass is 35.5. The van der Waals surface area contributed by atoms with Crippen molar-refractivity contribution in [2.45, 2.75) is 33.0 Å². The first kappa shape index (κ1) is 15.6. The molecule has 20 heavy (non-hydrogen) atoms. The highest BCUT2D eigenvalue weighted by Crippen LogP contribution is 2.34. The normalized spacial score (nSPS) is 11.1. The van der Waals surface area contributed by atoms with Crippen LogP contribution in [0.1, 0.15) is 24.3 Å². The van der Waals surface area contributed by atoms with Crippen molar-refractivity contribution in [1.82, 2.24) is 5.32 Å². The first-order chi connectivity index (χ1) is 9.56. The molecule has 0 amide bonds. The first-order valence-corrected chi connectivity index (χ1v) is 8.07. The summed E-state index contributed by atoms with van der Waals surface area (Å²) in [4.78, 5) is 1.31. The van der Waals surface area contributed by atoms with Gasteiger partial charge in [0.2, 0.25) is 0 Å². The highest BCUT2D eigenvalue weighted by molar-refractivity contribution is 7.09. The van der Waals surface area contributed by atoms with Gasteiger partial charge in [-0.25, -0.2) is 0 Å². The molecule has 0 radical (unpaired) electrons. The van der Waals surface area contributed by atoms with Gasteiger partial charge in [-0.05, 0) is 43.0 Å². The molecule has 0 saturated heterocycles. The number of halogens is 2. The van der Waals surface area contributed by atoms with Gasteiger partial charge in [-0.1, -0.05) is 29.3 Å². The van der Waals surface area contributed by atoms with E-state index in [-0.39, 0.29) is 6.10 Å². The average Bonchev–Trinajstić information content (AvgIpc) is 2.87. The van der Waals surface area contributed by atoms with Crippen LogP contribution in [-0.4, -0.2) is 6.10 Å². The Bertz CT molecular complexity index is 532. The Morgan fingerprint density at radius 3 is 2.45 bits per heavy atom. The second-order valence-electron chi connectivity index (χ2n) is 4.74. The minimum atomic E-state index is 0.0489. The molecule has 0 fully saturated rings. The second kappa shape index (κ2) is 7.32. The Morgan fingerprint density at radius 1 is 1.20 bits per heavy atom. The second-order valence-corrected chi connectivity index (χ2v) is 6.58. The predicted molar refractivity (Wildman–Crippen MR) is 87.1 cm³/mol. The van der Waals surface area contributed by atoms with E-state index in [2.05, 4.69) is 16.8 Å². The molecule has 0 spiro atoms. The molecule has 0 bridgehead atoms. The molecule has 1 aromatic heterocycles. The van der Waals surface area contributed by atoms with Crippen LogP contribution in [0.4, 0.5) is 0 Å². The van der Waals surface area contributed by atoms with Crippen LogP contribution in [0, 0.1) is 0 Å². The summed E-state index contributed by atoms with van der Waals surface area (Å²) in [6.45, 7) is 5.46. The number of rotatable bonds is 6. The van der Waals surface area contributed by atoms with E-state index >= 15 is 0 Å². The van der Waals surface area contributed by atoms with Crippen molar-refractivity contribution in [1.29, 1.82) is 0 Å². The van der Waals surface area contributed by atoms with Crippen molar-refractivity contribution in [3.05, 3.63) is 50.1 Å². The standard InChI is InChI=1S/C15H17Cl2NOS/c1-10(2)19-15-13(16)6-11(7-14(15)17)8-18-9-12-4-3-5-20-12/h3-7,10,18H,8-9H2,1-2H3. The fraction of sp³-hybridized carbons (Fsp3) is 0.333. The molecule has 1 aromatic carbocycles. The number of ether oxygens (including phenoxy) is 1. The third kappa shape index (κ3) is 4.38. The maximum absolute atomic E-state index is 6.22. The third-order valence-corrected chi connectivity index (χ3v) is 4.06. The van der Waals surface area contributed by atoms with Gasteiger partial charge < -0.3 is 10.1 Å². The van der Waals surface area contributed by atoms with Crippen molar-refractivity contribution >= 4 is 34.5 Å². The van der Waals surface area contributed by atoms with Crippen LogP contribution in [0.5, 0.6) is 5.75 Å². The number of hydrogen-bond donors (Lipinski definition) is 1. The van der Waals surface area contributed by atoms with Gasteiger partial charge in [-0.3, -0.25) is 0 Å². The molecule has 0 aliphatic rings. The topological polar surface area (TPSA) is 21.3 Å². The fourth-order valence-corrected chi connectivity index (χ4v) is 3.10. The monoisotopic (exact) mass is 329 g/mol. The van der Waals surface area contributed by atoms with Crippen molar-refractivity contribution in [3.8, 4) is 5.75 Å². The zero-order chi connectivity index (χ0) is 14.5. The summed E-state index contributed by atoms with van der Waals surface area (Å²) in [6, 6.07) is 7.95. The number of benzene rings is 1. The van der Waals surface area contributed by atoms with Gasteiger partial charge in [0.05, 0.1) is 16.1 Å². The maximum Gasteiger partial charge on any atom is 0.156 e. The SMILES string of the molecule is CC(C)Oc1c(Cl)cc(CNCc2cccs2)cc1Cl. The molecule has 5 heteroatoms. The van der Waals surface area contributed by atoms with E-state index in [1.165, 1.54) is 4.88 Å². The minimum Gasteiger partial charge on any atom is -0.488 e. The van der Waals surface area contributed by atoms with Crippen molar-refractivity contribution in [3.63, 3.8) is 0 Å². The Kier molecular flexibility index (Phi) is 5.73. The summed E-state index contributed by atoms with van der Waals surface area (Å²) >= 11 is 14.2. The van der Waals surface area contributed by atoms with E-state index in [9.17, 15) is 0 Å². The van der Waals surface area contributed by atoms with Crippen LogP contribution in [0.2, 0.25) is 10.0 Å². The van der Waals surface area contributed by atoms with Crippen LogP contribution >= 0.6 is 34.5 Å². The van der Waals surface area contributed by atoms with Crippen LogP contribution in [0.3, 0.4) is 0 Å². The van der Waals surface area contributed by atoms with E-state index in [0.29, 0.717) is 15.8 Å². The van der Waals surface area contributed by atoms with Gasteiger partial charge >= 0.3 is 0 Å². The van der Waals surface area contributed by atoms with Crippen LogP contribution in [-0.2, 0) is 13.1 Å². The lowest BCUT2D eigenvalue weighted by molar-refractivity contribution is 0.242. The highest BCUT2D eigenvalue weighted by Gasteiger charge is 2.11. The third-order valence-electron chi connectivity index (χ3n) is 2.62. The molecular weight excluding hydrogens is 313 g/mol. The largest absolute Gasteiger partial charge is 0.488 e. The molecule has 108 valence electrons. The van der Waals surface area contributed by atoms with Crippen LogP contribution in [0.25, 0.3) is 0 Å². The van der Waals surface area contributed by atoms with E-state index in [1.807, 2.05) is 32.0 Å². The molecule has 2 rings (SSSR count). The van der Waals surface area contributed by atoms with E-state index in [4.69, 9.17) is 27.9 Å². The number of thiophene rings is 1. The maximum atomic E-state index is 6.22. The lowest BCUT2D eigenvalue weighted by Gasteiger charge is -2.14. The lowest BCUT2D eigenvalue weighted by Crippen LogP contribution is -2.12. The van der Waals surface area contributed by atoms with Crippen LogP contribution in [0.15, 0.2) is 29.6 Å². The van der Waals surface area contributed by atoms with Crippen LogP contribution < -0.4 is 10.1 Å². The molecule has 0 atom stereocenters. The molecule has 2 aromatic rings. The van der Waals surface area contributed by atoms with Crippen molar-refractivity contribution in [2.75, 3.05) is 0 Å². The fourth-order valence-electron chi connectivity index (χ4n) is 1.81. The average molecular weight is 330 g/mol. The number of nitrogens with one attached hydrogen (secondary N) is 1. The molecule has 0 aliphatic carbocycles. The summed E-state index contributed by atoms with van der Waals surface area (Å²) in [5, 5.41) is 6.55. The summed E-state index contributed by atoms with van der Waals surface area (Å²) < 4.78 is 5.61. The minimum absolute atomic E-state index is 0.0489. The smallest absolute Gasteiger partial charge is 0.156 e. The van der Waals surface area contributed by atoms with Gasteiger partial charge in [0.25, 0.3) is 0 Å². The van der Waals surface area contributed by atoms with Gasteiger partial charge in [0.15, 0.2) is 5.75 Å². The van der Waals surface area contributed by atoms with Gasteiger partial charge in [-0.2, -0.15) is 0 Å². The molecule has 0 aliphatic heterocycles. The molecular formula is C15H17Cl2NOS. The molecule has 0 unspecified atom stereocenters. The van der Waals surface area contributed by atoms with Crippen molar-refractivity contribution < 1.29 is 4.74 Å².